The highest BCUT2D eigenvalue weighted by molar-refractivity contribution is 5.52. The monoisotopic (exact) mass is 334 g/mol. The van der Waals surface area contributed by atoms with Crippen LogP contribution in [-0.4, -0.2) is 0 Å². The predicted octanol–water partition coefficient (Wildman–Crippen LogP) is 4.01. The summed E-state index contributed by atoms with van der Waals surface area (Å²) in [4.78, 5) is 0. The summed E-state index contributed by atoms with van der Waals surface area (Å²) in [5.74, 6) is -8.95. The third-order valence-electron chi connectivity index (χ3n) is 3.73. The molecule has 23 heavy (non-hydrogen) atoms. The van der Waals surface area contributed by atoms with Gasteiger partial charge in [0.25, 0.3) is 0 Å². The summed E-state index contributed by atoms with van der Waals surface area (Å²) in [5, 5.41) is 0. The number of hydrogen-bond acceptors (Lipinski definition) is 2. The molecule has 0 spiro atoms. The molecule has 2 aromatic carbocycles. The van der Waals surface area contributed by atoms with E-state index in [1.807, 2.05) is 0 Å². The van der Waals surface area contributed by atoms with E-state index in [9.17, 15) is 26.3 Å². The molecular weight excluding hydrogens is 322 g/mol. The molecule has 2 aromatic rings. The molecule has 0 radical (unpaired) electrons. The zero-order chi connectivity index (χ0) is 17.7. The summed E-state index contributed by atoms with van der Waals surface area (Å²) in [7, 11) is 0. The molecule has 0 fully saturated rings. The van der Waals surface area contributed by atoms with Crippen LogP contribution >= 0.6 is 0 Å². The lowest BCUT2D eigenvalue weighted by molar-refractivity contribution is 0.441. The van der Waals surface area contributed by atoms with Crippen molar-refractivity contribution in [2.45, 2.75) is 19.3 Å². The molecule has 0 heterocycles. The van der Waals surface area contributed by atoms with Gasteiger partial charge < -0.3 is 11.5 Å². The van der Waals surface area contributed by atoms with Crippen LogP contribution in [0.4, 0.5) is 37.7 Å². The van der Waals surface area contributed by atoms with E-state index >= 15 is 0 Å². The summed E-state index contributed by atoms with van der Waals surface area (Å²) >= 11 is 0. The highest BCUT2D eigenvalue weighted by atomic mass is 19.2. The predicted molar refractivity (Wildman–Crippen MR) is 73.6 cm³/mol. The molecule has 0 amide bonds. The van der Waals surface area contributed by atoms with Crippen LogP contribution in [0.1, 0.15) is 25.0 Å². The van der Waals surface area contributed by atoms with Crippen LogP contribution < -0.4 is 11.5 Å². The number of halogens is 6. The molecule has 4 N–H and O–H groups in total. The molecule has 0 bridgehead atoms. The average molecular weight is 334 g/mol. The lowest BCUT2D eigenvalue weighted by Crippen LogP contribution is -2.25. The highest BCUT2D eigenvalue weighted by Gasteiger charge is 2.35. The van der Waals surface area contributed by atoms with Crippen LogP contribution in [0.2, 0.25) is 0 Å². The second-order valence-electron chi connectivity index (χ2n) is 5.52. The zero-order valence-corrected chi connectivity index (χ0v) is 12.1. The fraction of sp³-hybridized carbons (Fsp3) is 0.200. The Labute approximate surface area is 127 Å². The molecule has 0 saturated carbocycles. The maximum absolute atomic E-state index is 14.1. The van der Waals surface area contributed by atoms with Gasteiger partial charge in [0.2, 0.25) is 0 Å². The molecule has 8 heteroatoms. The summed E-state index contributed by atoms with van der Waals surface area (Å²) in [5.41, 5.74) is 4.87. The topological polar surface area (TPSA) is 52.0 Å². The zero-order valence-electron chi connectivity index (χ0n) is 12.1. The Balaban J connectivity index is 2.79. The largest absolute Gasteiger partial charge is 0.394 e. The van der Waals surface area contributed by atoms with Crippen LogP contribution in [-0.2, 0) is 5.41 Å². The van der Waals surface area contributed by atoms with E-state index in [1.54, 1.807) is 0 Å². The van der Waals surface area contributed by atoms with Crippen molar-refractivity contribution in [1.82, 2.24) is 0 Å². The first-order chi connectivity index (χ1) is 10.5. The van der Waals surface area contributed by atoms with E-state index in [1.165, 1.54) is 0 Å². The summed E-state index contributed by atoms with van der Waals surface area (Å²) < 4.78 is 82.6. The van der Waals surface area contributed by atoms with Gasteiger partial charge in [0.15, 0.2) is 23.3 Å². The van der Waals surface area contributed by atoms with E-state index in [4.69, 9.17) is 11.5 Å². The third kappa shape index (κ3) is 2.47. The number of nitrogens with two attached hydrogens (primary N) is 2. The Morgan fingerprint density at radius 2 is 0.957 bits per heavy atom. The van der Waals surface area contributed by atoms with Gasteiger partial charge in [-0.05, 0) is 12.1 Å². The lowest BCUT2D eigenvalue weighted by Gasteiger charge is -2.28. The van der Waals surface area contributed by atoms with Crippen molar-refractivity contribution in [3.8, 4) is 0 Å². The van der Waals surface area contributed by atoms with Crippen LogP contribution in [0.15, 0.2) is 12.1 Å². The Hall–Kier alpha value is -2.38. The van der Waals surface area contributed by atoms with Crippen LogP contribution in [0, 0.1) is 34.9 Å². The van der Waals surface area contributed by atoms with Gasteiger partial charge in [-0.2, -0.15) is 0 Å². The van der Waals surface area contributed by atoms with E-state index in [0.29, 0.717) is 12.1 Å². The SMILES string of the molecule is CC(C)(c1cc(F)c(N)c(F)c1F)c1cc(F)c(N)c(F)c1F. The minimum atomic E-state index is -1.81. The average Bonchev–Trinajstić information content (AvgIpc) is 2.49. The van der Waals surface area contributed by atoms with Crippen molar-refractivity contribution < 1.29 is 26.3 Å². The summed E-state index contributed by atoms with van der Waals surface area (Å²) in [6, 6.07) is 1.11. The normalized spacial score (nSPS) is 11.8. The van der Waals surface area contributed by atoms with Crippen molar-refractivity contribution in [2.24, 2.45) is 0 Å². The quantitative estimate of drug-likeness (QED) is 0.495. The molecule has 0 aromatic heterocycles. The number of hydrogen-bond donors (Lipinski definition) is 2. The van der Waals surface area contributed by atoms with Gasteiger partial charge in [-0.25, -0.2) is 26.3 Å². The molecule has 0 atom stereocenters. The number of anilines is 2. The van der Waals surface area contributed by atoms with Crippen LogP contribution in [0.3, 0.4) is 0 Å². The van der Waals surface area contributed by atoms with Gasteiger partial charge >= 0.3 is 0 Å². The van der Waals surface area contributed by atoms with E-state index in [0.717, 1.165) is 13.8 Å². The highest BCUT2D eigenvalue weighted by Crippen LogP contribution is 2.39. The minimum Gasteiger partial charge on any atom is -0.394 e. The van der Waals surface area contributed by atoms with Crippen molar-refractivity contribution in [1.29, 1.82) is 0 Å². The second kappa shape index (κ2) is 5.36. The van der Waals surface area contributed by atoms with Crippen LogP contribution in [0.5, 0.6) is 0 Å². The summed E-state index contributed by atoms with van der Waals surface area (Å²) in [6.45, 7) is 2.29. The molecule has 2 rings (SSSR count). The molecule has 0 unspecified atom stereocenters. The van der Waals surface area contributed by atoms with Gasteiger partial charge in [0, 0.05) is 16.5 Å². The number of nitrogen functional groups attached to an aromatic ring is 2. The number of benzene rings is 2. The molecule has 0 aliphatic carbocycles. The Morgan fingerprint density at radius 1 is 0.652 bits per heavy atom. The van der Waals surface area contributed by atoms with Gasteiger partial charge in [0.05, 0.1) is 0 Å². The Kier molecular flexibility index (Phi) is 3.96. The minimum absolute atomic E-state index is 0.555. The molecule has 0 aliphatic rings. The van der Waals surface area contributed by atoms with Crippen molar-refractivity contribution in [3.63, 3.8) is 0 Å². The Bertz CT molecular complexity index is 736. The molecule has 0 saturated heterocycles. The van der Waals surface area contributed by atoms with Crippen LogP contribution in [0.25, 0.3) is 0 Å². The first-order valence-corrected chi connectivity index (χ1v) is 6.37. The van der Waals surface area contributed by atoms with Crippen molar-refractivity contribution >= 4 is 11.4 Å². The fourth-order valence-corrected chi connectivity index (χ4v) is 2.27. The smallest absolute Gasteiger partial charge is 0.184 e. The summed E-state index contributed by atoms with van der Waals surface area (Å²) in [6.07, 6.45) is 0. The first kappa shape index (κ1) is 17.0. The molecule has 0 aliphatic heterocycles. The number of rotatable bonds is 2. The van der Waals surface area contributed by atoms with Gasteiger partial charge in [-0.1, -0.05) is 13.8 Å². The standard InChI is InChI=1S/C15H12F6N2/c1-15(2,5-3-7(16)13(22)11(20)9(5)18)6-4-8(17)14(23)12(21)10(6)19/h3-4H,22-23H2,1-2H3. The van der Waals surface area contributed by atoms with Gasteiger partial charge in [-0.15, -0.1) is 0 Å². The van der Waals surface area contributed by atoms with E-state index in [-0.39, 0.29) is 0 Å². The molecule has 2 nitrogen and oxygen atoms in total. The first-order valence-electron chi connectivity index (χ1n) is 6.37. The maximum atomic E-state index is 14.1. The molecular formula is C15H12F6N2. The maximum Gasteiger partial charge on any atom is 0.184 e. The van der Waals surface area contributed by atoms with Crippen molar-refractivity contribution in [3.05, 3.63) is 58.2 Å². The third-order valence-corrected chi connectivity index (χ3v) is 3.73. The second-order valence-corrected chi connectivity index (χ2v) is 5.52. The fourth-order valence-electron chi connectivity index (χ4n) is 2.27. The lowest BCUT2D eigenvalue weighted by atomic mass is 9.77. The van der Waals surface area contributed by atoms with Gasteiger partial charge in [0.1, 0.15) is 23.0 Å². The van der Waals surface area contributed by atoms with E-state index in [2.05, 4.69) is 0 Å². The van der Waals surface area contributed by atoms with E-state index < -0.39 is 62.8 Å². The van der Waals surface area contributed by atoms with Crippen molar-refractivity contribution in [2.75, 3.05) is 11.5 Å². The Morgan fingerprint density at radius 3 is 1.26 bits per heavy atom. The van der Waals surface area contributed by atoms with Gasteiger partial charge in [-0.3, -0.25) is 0 Å². The molecule has 124 valence electrons.